The molecule has 2 aliphatic carbocycles. The van der Waals surface area contributed by atoms with Crippen LogP contribution in [0.15, 0.2) is 18.5 Å². The van der Waals surface area contributed by atoms with Crippen LogP contribution >= 0.6 is 0 Å². The predicted octanol–water partition coefficient (Wildman–Crippen LogP) is 3.59. The summed E-state index contributed by atoms with van der Waals surface area (Å²) in [6.45, 7) is 0. The zero-order chi connectivity index (χ0) is 15.1. The number of nitrogens with one attached hydrogen (secondary N) is 2. The molecular formula is C17H21N5. The molecule has 0 aromatic carbocycles. The maximum Gasteiger partial charge on any atom is 0.0844 e. The molecule has 2 heterocycles. The molecule has 0 aliphatic heterocycles. The van der Waals surface area contributed by atoms with E-state index in [9.17, 15) is 0 Å². The minimum absolute atomic E-state index is 0.558. The summed E-state index contributed by atoms with van der Waals surface area (Å²) >= 11 is 0. The third-order valence-electron chi connectivity index (χ3n) is 4.83. The highest BCUT2D eigenvalue weighted by atomic mass is 15.3. The molecule has 0 amide bonds. The Bertz CT molecular complexity index is 710. The van der Waals surface area contributed by atoms with Gasteiger partial charge in [-0.1, -0.05) is 0 Å². The maximum atomic E-state index is 7.78. The molecular weight excluding hydrogens is 274 g/mol. The van der Waals surface area contributed by atoms with Crippen LogP contribution in [0.25, 0.3) is 11.3 Å². The number of hydrogen-bond acceptors (Lipinski definition) is 4. The fourth-order valence-corrected chi connectivity index (χ4v) is 3.14. The van der Waals surface area contributed by atoms with Gasteiger partial charge in [0.05, 0.1) is 17.4 Å². The molecule has 0 radical (unpaired) electrons. The quantitative estimate of drug-likeness (QED) is 0.828. The standard InChI is InChI=1S/C17H21N5/c1-19-15-7-8-20-17(13(15)9-18)14-10-22(12-3-2-4-12)21-16(14)11-5-6-11/h7-12,18H,2-6H2,1H3,(H,19,20). The molecule has 2 aromatic heterocycles. The van der Waals surface area contributed by atoms with Gasteiger partial charge < -0.3 is 10.7 Å². The Hall–Kier alpha value is -2.17. The van der Waals surface area contributed by atoms with E-state index in [4.69, 9.17) is 10.5 Å². The summed E-state index contributed by atoms with van der Waals surface area (Å²) in [4.78, 5) is 4.57. The molecule has 5 heteroatoms. The van der Waals surface area contributed by atoms with Crippen molar-refractivity contribution < 1.29 is 0 Å². The lowest BCUT2D eigenvalue weighted by Crippen LogP contribution is -2.17. The highest BCUT2D eigenvalue weighted by Gasteiger charge is 2.32. The molecule has 114 valence electrons. The average Bonchev–Trinajstić information content (AvgIpc) is 3.25. The third kappa shape index (κ3) is 2.12. The van der Waals surface area contributed by atoms with Gasteiger partial charge in [-0.2, -0.15) is 5.10 Å². The number of nitrogens with zero attached hydrogens (tertiary/aromatic N) is 3. The Morgan fingerprint density at radius 2 is 2.14 bits per heavy atom. The summed E-state index contributed by atoms with van der Waals surface area (Å²) < 4.78 is 2.15. The van der Waals surface area contributed by atoms with Gasteiger partial charge in [0, 0.05) is 48.4 Å². The molecule has 5 nitrogen and oxygen atoms in total. The fraction of sp³-hybridized carbons (Fsp3) is 0.471. The van der Waals surface area contributed by atoms with Crippen LogP contribution in [0.5, 0.6) is 0 Å². The van der Waals surface area contributed by atoms with E-state index in [1.807, 2.05) is 19.3 Å². The largest absolute Gasteiger partial charge is 0.387 e. The molecule has 2 fully saturated rings. The van der Waals surface area contributed by atoms with Crippen LogP contribution in [0.4, 0.5) is 5.69 Å². The van der Waals surface area contributed by atoms with Crippen molar-refractivity contribution >= 4 is 11.9 Å². The van der Waals surface area contributed by atoms with E-state index in [0.717, 1.165) is 22.5 Å². The van der Waals surface area contributed by atoms with Gasteiger partial charge in [-0.05, 0) is 38.2 Å². The van der Waals surface area contributed by atoms with Crippen LogP contribution in [-0.2, 0) is 0 Å². The second kappa shape index (κ2) is 5.23. The van der Waals surface area contributed by atoms with Crippen molar-refractivity contribution in [2.75, 3.05) is 12.4 Å². The molecule has 0 saturated heterocycles. The van der Waals surface area contributed by atoms with E-state index in [1.54, 1.807) is 0 Å². The molecule has 2 aliphatic rings. The van der Waals surface area contributed by atoms with Gasteiger partial charge in [0.25, 0.3) is 0 Å². The van der Waals surface area contributed by atoms with Gasteiger partial charge in [0.15, 0.2) is 0 Å². The van der Waals surface area contributed by atoms with Crippen molar-refractivity contribution in [1.29, 1.82) is 5.41 Å². The maximum absolute atomic E-state index is 7.78. The van der Waals surface area contributed by atoms with Gasteiger partial charge in [-0.25, -0.2) is 0 Å². The van der Waals surface area contributed by atoms with Crippen LogP contribution in [-0.4, -0.2) is 28.0 Å². The smallest absolute Gasteiger partial charge is 0.0844 e. The average molecular weight is 295 g/mol. The lowest BCUT2D eigenvalue weighted by molar-refractivity contribution is 0.288. The van der Waals surface area contributed by atoms with E-state index in [1.165, 1.54) is 44.0 Å². The van der Waals surface area contributed by atoms with Gasteiger partial charge in [0.1, 0.15) is 0 Å². The predicted molar refractivity (Wildman–Crippen MR) is 87.8 cm³/mol. The molecule has 4 rings (SSSR count). The SMILES string of the molecule is CNc1ccnc(-c2cn(C3CCC3)nc2C2CC2)c1C=N. The monoisotopic (exact) mass is 295 g/mol. The number of rotatable bonds is 5. The van der Waals surface area contributed by atoms with Crippen molar-refractivity contribution in [2.24, 2.45) is 0 Å². The second-order valence-corrected chi connectivity index (χ2v) is 6.28. The molecule has 0 atom stereocenters. The first-order valence-corrected chi connectivity index (χ1v) is 8.08. The fourth-order valence-electron chi connectivity index (χ4n) is 3.14. The van der Waals surface area contributed by atoms with Crippen LogP contribution in [0.2, 0.25) is 0 Å². The van der Waals surface area contributed by atoms with Gasteiger partial charge in [0.2, 0.25) is 0 Å². The summed E-state index contributed by atoms with van der Waals surface area (Å²) in [6.07, 6.45) is 11.6. The van der Waals surface area contributed by atoms with Crippen LogP contribution < -0.4 is 5.32 Å². The van der Waals surface area contributed by atoms with Crippen LogP contribution in [0, 0.1) is 5.41 Å². The zero-order valence-electron chi connectivity index (χ0n) is 12.8. The number of anilines is 1. The summed E-state index contributed by atoms with van der Waals surface area (Å²) in [5, 5.41) is 15.8. The van der Waals surface area contributed by atoms with Crippen molar-refractivity contribution in [3.8, 4) is 11.3 Å². The van der Waals surface area contributed by atoms with Crippen molar-refractivity contribution in [3.05, 3.63) is 29.7 Å². The lowest BCUT2D eigenvalue weighted by Gasteiger charge is -2.25. The third-order valence-corrected chi connectivity index (χ3v) is 4.83. The van der Waals surface area contributed by atoms with Crippen molar-refractivity contribution in [2.45, 2.75) is 44.1 Å². The number of aromatic nitrogens is 3. The first-order chi connectivity index (χ1) is 10.8. The molecule has 0 spiro atoms. The summed E-state index contributed by atoms with van der Waals surface area (Å²) in [5.41, 5.74) is 4.97. The number of hydrogen-bond donors (Lipinski definition) is 2. The Morgan fingerprint density at radius 1 is 1.32 bits per heavy atom. The van der Waals surface area contributed by atoms with E-state index in [2.05, 4.69) is 21.2 Å². The zero-order valence-corrected chi connectivity index (χ0v) is 12.8. The minimum atomic E-state index is 0.558. The van der Waals surface area contributed by atoms with Crippen molar-refractivity contribution in [3.63, 3.8) is 0 Å². The first kappa shape index (κ1) is 13.5. The van der Waals surface area contributed by atoms with Crippen LogP contribution in [0.3, 0.4) is 0 Å². The molecule has 0 unspecified atom stereocenters. The Balaban J connectivity index is 1.84. The van der Waals surface area contributed by atoms with Gasteiger partial charge in [-0.3, -0.25) is 9.67 Å². The van der Waals surface area contributed by atoms with Gasteiger partial charge >= 0.3 is 0 Å². The summed E-state index contributed by atoms with van der Waals surface area (Å²) in [6, 6.07) is 2.47. The lowest BCUT2D eigenvalue weighted by atomic mass is 9.93. The van der Waals surface area contributed by atoms with Gasteiger partial charge in [-0.15, -0.1) is 0 Å². The Morgan fingerprint density at radius 3 is 2.73 bits per heavy atom. The second-order valence-electron chi connectivity index (χ2n) is 6.28. The highest BCUT2D eigenvalue weighted by Crippen LogP contribution is 2.45. The Kier molecular flexibility index (Phi) is 3.21. The van der Waals surface area contributed by atoms with E-state index in [-0.39, 0.29) is 0 Å². The molecule has 0 bridgehead atoms. The van der Waals surface area contributed by atoms with E-state index < -0.39 is 0 Å². The van der Waals surface area contributed by atoms with Crippen LogP contribution in [0.1, 0.15) is 55.3 Å². The van der Waals surface area contributed by atoms with E-state index >= 15 is 0 Å². The molecule has 2 saturated carbocycles. The minimum Gasteiger partial charge on any atom is -0.387 e. The Labute approximate surface area is 130 Å². The molecule has 2 aromatic rings. The summed E-state index contributed by atoms with van der Waals surface area (Å²) in [7, 11) is 1.88. The first-order valence-electron chi connectivity index (χ1n) is 8.08. The normalized spacial score (nSPS) is 18.0. The summed E-state index contributed by atoms with van der Waals surface area (Å²) in [5.74, 6) is 0.579. The highest BCUT2D eigenvalue weighted by molar-refractivity contribution is 5.94. The number of pyridine rings is 1. The topological polar surface area (TPSA) is 66.6 Å². The van der Waals surface area contributed by atoms with E-state index in [0.29, 0.717) is 12.0 Å². The molecule has 22 heavy (non-hydrogen) atoms. The molecule has 2 N–H and O–H groups in total. The van der Waals surface area contributed by atoms with Crippen molar-refractivity contribution in [1.82, 2.24) is 14.8 Å².